The summed E-state index contributed by atoms with van der Waals surface area (Å²) >= 11 is 0. The third-order valence-electron chi connectivity index (χ3n) is 12.0. The van der Waals surface area contributed by atoms with Crippen molar-refractivity contribution in [3.05, 3.63) is 168 Å². The normalized spacial score (nSPS) is 26.2. The topological polar surface area (TPSA) is 140 Å². The minimum absolute atomic E-state index is 0.0142. The van der Waals surface area contributed by atoms with Gasteiger partial charge in [0.1, 0.15) is 43.2 Å². The minimum Gasteiger partial charge on any atom is -0.550 e. The van der Waals surface area contributed by atoms with Gasteiger partial charge in [-0.2, -0.15) is 0 Å². The van der Waals surface area contributed by atoms with Gasteiger partial charge in [-0.1, -0.05) is 140 Å². The Morgan fingerprint density at radius 2 is 1.14 bits per heavy atom. The first-order valence-corrected chi connectivity index (χ1v) is 23.1. The number of carbonyl (C=O) groups is 2. The summed E-state index contributed by atoms with van der Waals surface area (Å²) in [6, 6.07) is 39.7. The van der Waals surface area contributed by atoms with Gasteiger partial charge in [-0.3, -0.25) is 4.79 Å². The Labute approximate surface area is 388 Å². The predicted molar refractivity (Wildman–Crippen MR) is 244 cm³/mol. The van der Waals surface area contributed by atoms with E-state index in [1.807, 2.05) is 141 Å². The zero-order valence-electron chi connectivity index (χ0n) is 37.9. The standard InChI is InChI=1S/C54H64O12/c1-4-20-42(47-50(61-35-40-25-13-7-14-26-40)52-53(64-47)66-54(2,3)65-52)29-17-18-30-43-48(59-33-38-21-9-5-10-22-38)51(62-36-41-27-15-8-16-28-41)49(60-34-39-23-11-6-12-24-39)44(63-43)37-58-46(57)32-19-31-45(55)56/h4-18,21-28,42-44,47-53H,1,19-20,29-37H2,2-3H3,(H,55,56)/p-1/b18-17+/t42?,43-,44-,47-,48+,49-,50+,51-,52-,53-/m1/s1. The van der Waals surface area contributed by atoms with Crippen molar-refractivity contribution in [1.29, 1.82) is 0 Å². The Kier molecular flexibility index (Phi) is 18.3. The fourth-order valence-corrected chi connectivity index (χ4v) is 8.75. The second-order valence-corrected chi connectivity index (χ2v) is 17.5. The quantitative estimate of drug-likeness (QED) is 0.0471. The Hall–Kier alpha value is -5.02. The number of hydrogen-bond donors (Lipinski definition) is 0. The zero-order chi connectivity index (χ0) is 46.1. The molecule has 3 fully saturated rings. The average Bonchev–Trinajstić information content (AvgIpc) is 3.81. The van der Waals surface area contributed by atoms with Crippen LogP contribution in [-0.2, 0) is 78.6 Å². The number of rotatable bonds is 25. The maximum atomic E-state index is 13.0. The van der Waals surface area contributed by atoms with E-state index in [2.05, 4.69) is 18.7 Å². The van der Waals surface area contributed by atoms with Gasteiger partial charge in [0.15, 0.2) is 12.1 Å². The molecule has 4 aromatic carbocycles. The number of allylic oxidation sites excluding steroid dienone is 2. The third kappa shape index (κ3) is 14.2. The highest BCUT2D eigenvalue weighted by Crippen LogP contribution is 2.43. The van der Waals surface area contributed by atoms with Crippen molar-refractivity contribution in [3.8, 4) is 0 Å². The van der Waals surface area contributed by atoms with E-state index in [-0.39, 0.29) is 63.8 Å². The maximum Gasteiger partial charge on any atom is 0.305 e. The van der Waals surface area contributed by atoms with E-state index in [0.29, 0.717) is 25.9 Å². The number of ether oxygens (including phenoxy) is 9. The fraction of sp³-hybridized carbons (Fsp3) is 0.444. The van der Waals surface area contributed by atoms with Crippen LogP contribution < -0.4 is 5.11 Å². The highest BCUT2D eigenvalue weighted by atomic mass is 16.8. The molecule has 12 nitrogen and oxygen atoms in total. The van der Waals surface area contributed by atoms with E-state index in [9.17, 15) is 14.7 Å². The average molecular weight is 904 g/mol. The van der Waals surface area contributed by atoms with E-state index >= 15 is 0 Å². The molecule has 0 saturated carbocycles. The van der Waals surface area contributed by atoms with Gasteiger partial charge in [0.2, 0.25) is 0 Å². The summed E-state index contributed by atoms with van der Waals surface area (Å²) in [4.78, 5) is 24.0. The molecule has 7 rings (SSSR count). The SMILES string of the molecule is C=CCC(C/C=C/C[C@H]1O[C@H](COC(=O)CCCC(=O)[O-])[C@@H](OCc2ccccc2)[C@H](OCc2ccccc2)[C@H]1OCc1ccccc1)[C@H]1O[C@@H]2OC(C)(C)O[C@@H]2[C@H]1OCc1ccccc1. The number of esters is 1. The summed E-state index contributed by atoms with van der Waals surface area (Å²) in [5.74, 6) is -2.58. The molecule has 0 radical (unpaired) electrons. The number of carbonyl (C=O) groups excluding carboxylic acids is 2. The lowest BCUT2D eigenvalue weighted by Gasteiger charge is -2.46. The number of benzene rings is 4. The first kappa shape index (κ1) is 48.9. The lowest BCUT2D eigenvalue weighted by molar-refractivity contribution is -0.305. The van der Waals surface area contributed by atoms with Gasteiger partial charge in [-0.05, 0) is 74.1 Å². The molecule has 0 N–H and O–H groups in total. The Morgan fingerprint density at radius 1 is 0.636 bits per heavy atom. The molecule has 0 aliphatic carbocycles. The van der Waals surface area contributed by atoms with E-state index in [0.717, 1.165) is 22.3 Å². The van der Waals surface area contributed by atoms with Crippen LogP contribution >= 0.6 is 0 Å². The van der Waals surface area contributed by atoms with Crippen molar-refractivity contribution in [2.75, 3.05) is 6.61 Å². The zero-order valence-corrected chi connectivity index (χ0v) is 37.9. The molecule has 0 amide bonds. The molecule has 4 aromatic rings. The Morgan fingerprint density at radius 3 is 1.65 bits per heavy atom. The molecule has 0 spiro atoms. The molecular formula is C54H63O12-. The van der Waals surface area contributed by atoms with Crippen molar-refractivity contribution in [3.63, 3.8) is 0 Å². The van der Waals surface area contributed by atoms with Crippen molar-refractivity contribution in [2.45, 2.75) is 140 Å². The van der Waals surface area contributed by atoms with E-state index in [4.69, 9.17) is 42.6 Å². The van der Waals surface area contributed by atoms with Crippen molar-refractivity contribution in [1.82, 2.24) is 0 Å². The molecule has 3 aliphatic heterocycles. The van der Waals surface area contributed by atoms with Gasteiger partial charge < -0.3 is 52.5 Å². The largest absolute Gasteiger partial charge is 0.550 e. The summed E-state index contributed by atoms with van der Waals surface area (Å²) in [5.41, 5.74) is 3.95. The van der Waals surface area contributed by atoms with Crippen LogP contribution in [0.25, 0.3) is 0 Å². The van der Waals surface area contributed by atoms with Crippen LogP contribution in [0.2, 0.25) is 0 Å². The van der Waals surface area contributed by atoms with Crippen LogP contribution in [0.5, 0.6) is 0 Å². The van der Waals surface area contributed by atoms with E-state index in [1.54, 1.807) is 0 Å². The molecule has 66 heavy (non-hydrogen) atoms. The van der Waals surface area contributed by atoms with Crippen molar-refractivity contribution < 1.29 is 57.3 Å². The molecule has 1 unspecified atom stereocenters. The molecule has 10 atom stereocenters. The second kappa shape index (κ2) is 24.7. The Balaban J connectivity index is 1.14. The van der Waals surface area contributed by atoms with E-state index in [1.165, 1.54) is 0 Å². The van der Waals surface area contributed by atoms with Gasteiger partial charge in [0, 0.05) is 12.4 Å². The maximum absolute atomic E-state index is 13.0. The van der Waals surface area contributed by atoms with Crippen LogP contribution in [0.4, 0.5) is 0 Å². The minimum atomic E-state index is -1.22. The van der Waals surface area contributed by atoms with Gasteiger partial charge in [0.05, 0.1) is 38.6 Å². The number of aliphatic carboxylic acids is 1. The molecule has 352 valence electrons. The number of carboxylic acid groups (broad SMARTS) is 1. The Bertz CT molecular complexity index is 2100. The number of carboxylic acids is 1. The van der Waals surface area contributed by atoms with Crippen LogP contribution in [-0.4, -0.2) is 79.5 Å². The van der Waals surface area contributed by atoms with Crippen LogP contribution in [0.15, 0.2) is 146 Å². The third-order valence-corrected chi connectivity index (χ3v) is 12.0. The molecule has 3 heterocycles. The molecule has 3 aliphatic rings. The van der Waals surface area contributed by atoms with Crippen LogP contribution in [0.1, 0.15) is 74.6 Å². The predicted octanol–water partition coefficient (Wildman–Crippen LogP) is 7.96. The highest BCUT2D eigenvalue weighted by molar-refractivity contribution is 5.70. The first-order valence-electron chi connectivity index (χ1n) is 23.1. The summed E-state index contributed by atoms with van der Waals surface area (Å²) in [6.45, 7) is 8.91. The van der Waals surface area contributed by atoms with E-state index < -0.39 is 60.6 Å². The summed E-state index contributed by atoms with van der Waals surface area (Å²) in [5, 5.41) is 11.1. The summed E-state index contributed by atoms with van der Waals surface area (Å²) < 4.78 is 58.9. The fourth-order valence-electron chi connectivity index (χ4n) is 8.75. The lowest BCUT2D eigenvalue weighted by atomic mass is 9.89. The lowest BCUT2D eigenvalue weighted by Crippen LogP contribution is -2.61. The van der Waals surface area contributed by atoms with Gasteiger partial charge in [0.25, 0.3) is 0 Å². The molecule has 0 aromatic heterocycles. The molecule has 0 bridgehead atoms. The van der Waals surface area contributed by atoms with Crippen LogP contribution in [0, 0.1) is 5.92 Å². The monoisotopic (exact) mass is 903 g/mol. The number of hydrogen-bond acceptors (Lipinski definition) is 12. The smallest absolute Gasteiger partial charge is 0.305 e. The summed E-state index contributed by atoms with van der Waals surface area (Å²) in [6.07, 6.45) is 2.62. The number of fused-ring (bicyclic) bond motifs is 1. The first-order chi connectivity index (χ1) is 32.2. The van der Waals surface area contributed by atoms with Crippen LogP contribution in [0.3, 0.4) is 0 Å². The van der Waals surface area contributed by atoms with Crippen molar-refractivity contribution in [2.24, 2.45) is 5.92 Å². The summed E-state index contributed by atoms with van der Waals surface area (Å²) in [7, 11) is 0. The highest BCUT2D eigenvalue weighted by Gasteiger charge is 2.57. The molecule has 3 saturated heterocycles. The molecule has 12 heteroatoms. The van der Waals surface area contributed by atoms with Gasteiger partial charge in [-0.25, -0.2) is 0 Å². The van der Waals surface area contributed by atoms with Crippen molar-refractivity contribution >= 4 is 11.9 Å². The van der Waals surface area contributed by atoms with Gasteiger partial charge in [-0.15, -0.1) is 6.58 Å². The second-order valence-electron chi connectivity index (χ2n) is 17.5. The molecular weight excluding hydrogens is 841 g/mol. The van der Waals surface area contributed by atoms with Gasteiger partial charge >= 0.3 is 5.97 Å².